The van der Waals surface area contributed by atoms with Gasteiger partial charge in [0.25, 0.3) is 0 Å². The van der Waals surface area contributed by atoms with Crippen LogP contribution in [-0.4, -0.2) is 16.6 Å². The predicted octanol–water partition coefficient (Wildman–Crippen LogP) is 5.08. The van der Waals surface area contributed by atoms with Gasteiger partial charge in [-0.25, -0.2) is 0 Å². The van der Waals surface area contributed by atoms with Gasteiger partial charge in [0.2, 0.25) is 0 Å². The first-order valence-corrected chi connectivity index (χ1v) is 9.00. The average Bonchev–Trinajstić information content (AvgIpc) is 3.17. The number of thiocarbonyl (C=S) groups is 1. The van der Waals surface area contributed by atoms with Gasteiger partial charge in [0.1, 0.15) is 11.5 Å². The Morgan fingerprint density at radius 1 is 1.00 bits per heavy atom. The molecular weight excluding hydrogens is 344 g/mol. The first-order chi connectivity index (χ1) is 12.7. The maximum Gasteiger partial charge on any atom is 0.174 e. The zero-order chi connectivity index (χ0) is 18.2. The predicted molar refractivity (Wildman–Crippen MR) is 108 cm³/mol. The van der Waals surface area contributed by atoms with Crippen LogP contribution in [0.2, 0.25) is 0 Å². The van der Waals surface area contributed by atoms with Gasteiger partial charge in [-0.15, -0.1) is 0 Å². The molecule has 0 radical (unpaired) electrons. The molecule has 0 spiro atoms. The molecule has 0 saturated carbocycles. The molecule has 3 aromatic rings. The van der Waals surface area contributed by atoms with Crippen molar-refractivity contribution in [3.63, 3.8) is 0 Å². The fraction of sp³-hybridized carbons (Fsp3) is 0.190. The molecule has 1 heterocycles. The SMILES string of the molecule is CCOc1ccc(NC(=S)N(Cc2ccccc2)Cc2ccco2)cc1. The van der Waals surface area contributed by atoms with Crippen molar-refractivity contribution in [3.05, 3.63) is 84.3 Å². The summed E-state index contributed by atoms with van der Waals surface area (Å²) in [4.78, 5) is 2.08. The molecule has 0 unspecified atom stereocenters. The minimum Gasteiger partial charge on any atom is -0.494 e. The summed E-state index contributed by atoms with van der Waals surface area (Å²) >= 11 is 5.66. The molecule has 5 heteroatoms. The molecule has 0 fully saturated rings. The number of hydrogen-bond donors (Lipinski definition) is 1. The monoisotopic (exact) mass is 366 g/mol. The minimum absolute atomic E-state index is 0.602. The van der Waals surface area contributed by atoms with Crippen molar-refractivity contribution in [1.29, 1.82) is 0 Å². The third-order valence-electron chi connectivity index (χ3n) is 3.85. The van der Waals surface area contributed by atoms with E-state index in [1.54, 1.807) is 6.26 Å². The summed E-state index contributed by atoms with van der Waals surface area (Å²) in [5.41, 5.74) is 2.12. The van der Waals surface area contributed by atoms with E-state index in [2.05, 4.69) is 22.3 Å². The van der Waals surface area contributed by atoms with Crippen molar-refractivity contribution in [2.75, 3.05) is 11.9 Å². The molecule has 4 nitrogen and oxygen atoms in total. The minimum atomic E-state index is 0.602. The highest BCUT2D eigenvalue weighted by Gasteiger charge is 2.13. The van der Waals surface area contributed by atoms with Crippen molar-refractivity contribution in [2.45, 2.75) is 20.0 Å². The lowest BCUT2D eigenvalue weighted by atomic mass is 10.2. The van der Waals surface area contributed by atoms with Gasteiger partial charge < -0.3 is 19.4 Å². The normalized spacial score (nSPS) is 10.3. The number of nitrogens with zero attached hydrogens (tertiary/aromatic N) is 1. The van der Waals surface area contributed by atoms with Crippen molar-refractivity contribution >= 4 is 23.0 Å². The molecule has 0 aliphatic carbocycles. The Bertz CT molecular complexity index is 802. The third kappa shape index (κ3) is 5.10. The van der Waals surface area contributed by atoms with Crippen LogP contribution in [0.1, 0.15) is 18.2 Å². The van der Waals surface area contributed by atoms with Gasteiger partial charge in [-0.3, -0.25) is 0 Å². The maximum absolute atomic E-state index is 5.66. The van der Waals surface area contributed by atoms with Crippen LogP contribution in [0.15, 0.2) is 77.4 Å². The topological polar surface area (TPSA) is 37.6 Å². The highest BCUT2D eigenvalue weighted by molar-refractivity contribution is 7.80. The van der Waals surface area contributed by atoms with Gasteiger partial charge in [-0.1, -0.05) is 30.3 Å². The maximum atomic E-state index is 5.66. The summed E-state index contributed by atoms with van der Waals surface area (Å²) in [5, 5.41) is 3.95. The smallest absolute Gasteiger partial charge is 0.174 e. The van der Waals surface area contributed by atoms with E-state index >= 15 is 0 Å². The third-order valence-corrected chi connectivity index (χ3v) is 4.21. The van der Waals surface area contributed by atoms with Gasteiger partial charge in [-0.2, -0.15) is 0 Å². The Hall–Kier alpha value is -2.79. The number of ether oxygens (including phenoxy) is 1. The van der Waals surface area contributed by atoms with Crippen molar-refractivity contribution in [1.82, 2.24) is 4.90 Å². The molecule has 26 heavy (non-hydrogen) atoms. The molecule has 0 bridgehead atoms. The Labute approximate surface area is 159 Å². The van der Waals surface area contributed by atoms with Crippen molar-refractivity contribution in [2.24, 2.45) is 0 Å². The van der Waals surface area contributed by atoms with Crippen LogP contribution in [0.3, 0.4) is 0 Å². The van der Waals surface area contributed by atoms with E-state index in [9.17, 15) is 0 Å². The van der Waals surface area contributed by atoms with Crippen molar-refractivity contribution < 1.29 is 9.15 Å². The first-order valence-electron chi connectivity index (χ1n) is 8.59. The van der Waals surface area contributed by atoms with Gasteiger partial charge in [0, 0.05) is 12.2 Å². The largest absolute Gasteiger partial charge is 0.494 e. The number of rotatable bonds is 7. The Kier molecular flexibility index (Phi) is 6.28. The van der Waals surface area contributed by atoms with Crippen LogP contribution in [0, 0.1) is 0 Å². The fourth-order valence-corrected chi connectivity index (χ4v) is 2.84. The van der Waals surface area contributed by atoms with Gasteiger partial charge in [0.05, 0.1) is 19.4 Å². The Balaban J connectivity index is 1.71. The quantitative estimate of drug-likeness (QED) is 0.591. The first kappa shape index (κ1) is 18.0. The highest BCUT2D eigenvalue weighted by atomic mass is 32.1. The summed E-state index contributed by atoms with van der Waals surface area (Å²) in [5.74, 6) is 1.72. The van der Waals surface area contributed by atoms with E-state index < -0.39 is 0 Å². The molecule has 0 aliphatic rings. The second-order valence-corrected chi connectivity index (χ2v) is 6.20. The summed E-state index contributed by atoms with van der Waals surface area (Å²) in [6, 6.07) is 21.9. The Morgan fingerprint density at radius 3 is 2.42 bits per heavy atom. The summed E-state index contributed by atoms with van der Waals surface area (Å²) in [7, 11) is 0. The molecule has 3 rings (SSSR count). The molecule has 134 valence electrons. The molecular formula is C21H22N2O2S. The van der Waals surface area contributed by atoms with Crippen LogP contribution in [0.5, 0.6) is 5.75 Å². The fourth-order valence-electron chi connectivity index (χ4n) is 2.60. The van der Waals surface area contributed by atoms with E-state index in [0.717, 1.165) is 17.2 Å². The van der Waals surface area contributed by atoms with Crippen molar-refractivity contribution in [3.8, 4) is 5.75 Å². The zero-order valence-electron chi connectivity index (χ0n) is 14.7. The standard InChI is InChI=1S/C21H22N2O2S/c1-2-24-19-12-10-18(11-13-19)22-21(26)23(16-20-9-6-14-25-20)15-17-7-4-3-5-8-17/h3-14H,2,15-16H2,1H3,(H,22,26). The number of benzene rings is 2. The van der Waals surface area contributed by atoms with Crippen LogP contribution in [0.25, 0.3) is 0 Å². The molecule has 2 aromatic carbocycles. The van der Waals surface area contributed by atoms with Gasteiger partial charge in [-0.05, 0) is 61.1 Å². The van der Waals surface area contributed by atoms with Crippen LogP contribution in [-0.2, 0) is 13.1 Å². The highest BCUT2D eigenvalue weighted by Crippen LogP contribution is 2.18. The lowest BCUT2D eigenvalue weighted by Gasteiger charge is -2.25. The molecule has 0 aliphatic heterocycles. The van der Waals surface area contributed by atoms with E-state index in [0.29, 0.717) is 24.8 Å². The van der Waals surface area contributed by atoms with Crippen LogP contribution >= 0.6 is 12.2 Å². The second-order valence-electron chi connectivity index (χ2n) is 5.81. The average molecular weight is 366 g/mol. The molecule has 0 atom stereocenters. The lowest BCUT2D eigenvalue weighted by molar-refractivity contribution is 0.340. The van der Waals surface area contributed by atoms with E-state index in [-0.39, 0.29) is 0 Å². The summed E-state index contributed by atoms with van der Waals surface area (Å²) in [6.07, 6.45) is 1.68. The molecule has 0 amide bonds. The number of furan rings is 1. The van der Waals surface area contributed by atoms with E-state index in [4.69, 9.17) is 21.4 Å². The van der Waals surface area contributed by atoms with E-state index in [1.165, 1.54) is 5.56 Å². The molecule has 1 N–H and O–H groups in total. The van der Waals surface area contributed by atoms with Gasteiger partial charge >= 0.3 is 0 Å². The number of anilines is 1. The molecule has 1 aromatic heterocycles. The van der Waals surface area contributed by atoms with Gasteiger partial charge in [0.15, 0.2) is 5.11 Å². The summed E-state index contributed by atoms with van der Waals surface area (Å²) in [6.45, 7) is 3.92. The number of nitrogens with one attached hydrogen (secondary N) is 1. The van der Waals surface area contributed by atoms with Crippen LogP contribution < -0.4 is 10.1 Å². The van der Waals surface area contributed by atoms with Crippen LogP contribution in [0.4, 0.5) is 5.69 Å². The molecule has 0 saturated heterocycles. The lowest BCUT2D eigenvalue weighted by Crippen LogP contribution is -2.33. The second kappa shape index (κ2) is 9.06. The Morgan fingerprint density at radius 2 is 1.77 bits per heavy atom. The zero-order valence-corrected chi connectivity index (χ0v) is 15.5. The van der Waals surface area contributed by atoms with E-state index in [1.807, 2.05) is 61.5 Å². The summed E-state index contributed by atoms with van der Waals surface area (Å²) < 4.78 is 11.0. The number of hydrogen-bond acceptors (Lipinski definition) is 3.